The molecule has 144 valence electrons. The van der Waals surface area contributed by atoms with Gasteiger partial charge in [0.15, 0.2) is 0 Å². The summed E-state index contributed by atoms with van der Waals surface area (Å²) in [6, 6.07) is 12.0. The van der Waals surface area contributed by atoms with Crippen LogP contribution in [0.15, 0.2) is 41.8 Å². The molecule has 5 nitrogen and oxygen atoms in total. The van der Waals surface area contributed by atoms with Crippen molar-refractivity contribution in [3.8, 4) is 0 Å². The fraction of sp³-hybridized carbons (Fsp3) is 0.400. The number of methoxy groups -OCH3 is 1. The fourth-order valence-corrected chi connectivity index (χ4v) is 4.48. The first-order chi connectivity index (χ1) is 13.2. The predicted octanol–water partition coefficient (Wildman–Crippen LogP) is 2.94. The number of benzene rings is 1. The average Bonchev–Trinajstić information content (AvgIpc) is 3.19. The van der Waals surface area contributed by atoms with Crippen LogP contribution < -0.4 is 0 Å². The van der Waals surface area contributed by atoms with E-state index in [4.69, 9.17) is 16.3 Å². The Morgan fingerprint density at radius 3 is 2.78 bits per heavy atom. The average molecular weight is 407 g/mol. The summed E-state index contributed by atoms with van der Waals surface area (Å²) < 4.78 is 5.06. The van der Waals surface area contributed by atoms with E-state index in [9.17, 15) is 9.59 Å². The number of amides is 2. The fourth-order valence-electron chi connectivity index (χ4n) is 3.41. The zero-order valence-corrected chi connectivity index (χ0v) is 16.8. The number of fused-ring (bicyclic) bond motifs is 1. The normalized spacial score (nSPS) is 16.1. The topological polar surface area (TPSA) is 49.9 Å². The van der Waals surface area contributed by atoms with Crippen LogP contribution in [-0.4, -0.2) is 60.8 Å². The van der Waals surface area contributed by atoms with Crippen LogP contribution in [0, 0.1) is 0 Å². The quantitative estimate of drug-likeness (QED) is 0.664. The van der Waals surface area contributed by atoms with Crippen LogP contribution >= 0.6 is 22.9 Å². The minimum atomic E-state index is -0.258. The standard InChI is InChI=1S/C20H23ClN2O3S/c1-26-11-10-22(18(24)13-21)14-19(25)23-9-7-17-16(8-12-27-17)20(23)15-5-3-2-4-6-15/h2-6,8,12,20H,7,9-11,13-14H2,1H3. The molecule has 0 saturated carbocycles. The van der Waals surface area contributed by atoms with Gasteiger partial charge in [-0.15, -0.1) is 22.9 Å². The van der Waals surface area contributed by atoms with E-state index < -0.39 is 0 Å². The molecule has 1 atom stereocenters. The van der Waals surface area contributed by atoms with E-state index >= 15 is 0 Å². The summed E-state index contributed by atoms with van der Waals surface area (Å²) in [5, 5.41) is 2.08. The van der Waals surface area contributed by atoms with Crippen LogP contribution in [0.3, 0.4) is 0 Å². The Hall–Kier alpha value is -1.89. The van der Waals surface area contributed by atoms with Crippen molar-refractivity contribution in [2.45, 2.75) is 12.5 Å². The Morgan fingerprint density at radius 1 is 1.30 bits per heavy atom. The van der Waals surface area contributed by atoms with Gasteiger partial charge in [-0.2, -0.15) is 0 Å². The van der Waals surface area contributed by atoms with Gasteiger partial charge in [-0.05, 0) is 29.0 Å². The van der Waals surface area contributed by atoms with E-state index in [1.165, 1.54) is 15.3 Å². The summed E-state index contributed by atoms with van der Waals surface area (Å²) in [4.78, 5) is 30.0. The zero-order chi connectivity index (χ0) is 19.2. The van der Waals surface area contributed by atoms with Gasteiger partial charge in [0.2, 0.25) is 11.8 Å². The first-order valence-electron chi connectivity index (χ1n) is 8.89. The maximum atomic E-state index is 13.2. The van der Waals surface area contributed by atoms with Gasteiger partial charge < -0.3 is 14.5 Å². The van der Waals surface area contributed by atoms with Crippen LogP contribution in [0.2, 0.25) is 0 Å². The predicted molar refractivity (Wildman–Crippen MR) is 107 cm³/mol. The van der Waals surface area contributed by atoms with Crippen LogP contribution in [0.4, 0.5) is 0 Å². The van der Waals surface area contributed by atoms with Crippen molar-refractivity contribution in [1.82, 2.24) is 9.80 Å². The van der Waals surface area contributed by atoms with E-state index in [-0.39, 0.29) is 30.3 Å². The molecule has 0 radical (unpaired) electrons. The molecular formula is C20H23ClN2O3S. The summed E-state index contributed by atoms with van der Waals surface area (Å²) >= 11 is 7.45. The van der Waals surface area contributed by atoms with Gasteiger partial charge in [-0.25, -0.2) is 0 Å². The second kappa shape index (κ2) is 9.35. The molecule has 2 heterocycles. The number of nitrogens with zero attached hydrogens (tertiary/aromatic N) is 2. The van der Waals surface area contributed by atoms with Gasteiger partial charge in [-0.3, -0.25) is 9.59 Å². The summed E-state index contributed by atoms with van der Waals surface area (Å²) in [5.41, 5.74) is 2.26. The van der Waals surface area contributed by atoms with E-state index in [1.54, 1.807) is 18.4 Å². The molecule has 1 aliphatic heterocycles. The zero-order valence-electron chi connectivity index (χ0n) is 15.3. The lowest BCUT2D eigenvalue weighted by atomic mass is 9.93. The molecule has 0 saturated heterocycles. The van der Waals surface area contributed by atoms with Gasteiger partial charge >= 0.3 is 0 Å². The summed E-state index contributed by atoms with van der Waals surface area (Å²) in [5.74, 6) is -0.477. The number of thiophene rings is 1. The highest BCUT2D eigenvalue weighted by atomic mass is 35.5. The molecule has 1 unspecified atom stereocenters. The number of hydrogen-bond donors (Lipinski definition) is 0. The van der Waals surface area contributed by atoms with Crippen molar-refractivity contribution < 1.29 is 14.3 Å². The Balaban J connectivity index is 1.85. The Kier molecular flexibility index (Phi) is 6.88. The third-order valence-electron chi connectivity index (χ3n) is 4.76. The van der Waals surface area contributed by atoms with Crippen molar-refractivity contribution in [2.75, 3.05) is 39.2 Å². The first-order valence-corrected chi connectivity index (χ1v) is 10.3. The van der Waals surface area contributed by atoms with E-state index in [2.05, 4.69) is 11.4 Å². The second-order valence-corrected chi connectivity index (χ2v) is 7.66. The Morgan fingerprint density at radius 2 is 2.07 bits per heavy atom. The van der Waals surface area contributed by atoms with Crippen molar-refractivity contribution in [1.29, 1.82) is 0 Å². The lowest BCUT2D eigenvalue weighted by Crippen LogP contribution is -2.47. The molecule has 2 aromatic rings. The van der Waals surface area contributed by atoms with Crippen molar-refractivity contribution >= 4 is 34.8 Å². The molecule has 1 aliphatic rings. The molecule has 2 amide bonds. The summed E-state index contributed by atoms with van der Waals surface area (Å²) in [7, 11) is 1.57. The first kappa shape index (κ1) is 19.9. The number of carbonyl (C=O) groups excluding carboxylic acids is 2. The number of hydrogen-bond acceptors (Lipinski definition) is 4. The van der Waals surface area contributed by atoms with Gasteiger partial charge in [0.05, 0.1) is 19.2 Å². The molecule has 1 aromatic heterocycles. The SMILES string of the molecule is COCCN(CC(=O)N1CCc2sccc2C1c1ccccc1)C(=O)CCl. The molecule has 3 rings (SSSR count). The van der Waals surface area contributed by atoms with Gasteiger partial charge in [0, 0.05) is 25.1 Å². The van der Waals surface area contributed by atoms with Crippen LogP contribution in [-0.2, 0) is 20.7 Å². The molecule has 0 spiro atoms. The molecule has 27 heavy (non-hydrogen) atoms. The van der Waals surface area contributed by atoms with Crippen molar-refractivity contribution in [3.63, 3.8) is 0 Å². The number of halogens is 1. The number of carbonyl (C=O) groups is 2. The minimum absolute atomic E-state index is 0.0116. The number of ether oxygens (including phenoxy) is 1. The van der Waals surface area contributed by atoms with Crippen LogP contribution in [0.25, 0.3) is 0 Å². The van der Waals surface area contributed by atoms with Gasteiger partial charge in [0.25, 0.3) is 0 Å². The second-order valence-electron chi connectivity index (χ2n) is 6.39. The summed E-state index contributed by atoms with van der Waals surface area (Å²) in [6.45, 7) is 1.37. The third-order valence-corrected chi connectivity index (χ3v) is 5.99. The largest absolute Gasteiger partial charge is 0.383 e. The molecule has 0 bridgehead atoms. The Bertz CT molecular complexity index is 781. The van der Waals surface area contributed by atoms with Crippen LogP contribution in [0.5, 0.6) is 0 Å². The Labute approximate surface area is 168 Å². The maximum Gasteiger partial charge on any atom is 0.242 e. The number of rotatable bonds is 7. The maximum absolute atomic E-state index is 13.2. The van der Waals surface area contributed by atoms with Gasteiger partial charge in [-0.1, -0.05) is 30.3 Å². The molecule has 7 heteroatoms. The molecule has 0 fully saturated rings. The van der Waals surface area contributed by atoms with E-state index in [0.717, 1.165) is 12.0 Å². The van der Waals surface area contributed by atoms with Gasteiger partial charge in [0.1, 0.15) is 5.88 Å². The molecule has 1 aromatic carbocycles. The van der Waals surface area contributed by atoms with Crippen molar-refractivity contribution in [3.05, 3.63) is 57.8 Å². The van der Waals surface area contributed by atoms with E-state index in [0.29, 0.717) is 19.7 Å². The highest BCUT2D eigenvalue weighted by Crippen LogP contribution is 2.37. The molecule has 0 N–H and O–H groups in total. The minimum Gasteiger partial charge on any atom is -0.383 e. The highest BCUT2D eigenvalue weighted by molar-refractivity contribution is 7.10. The van der Waals surface area contributed by atoms with Crippen molar-refractivity contribution in [2.24, 2.45) is 0 Å². The smallest absolute Gasteiger partial charge is 0.242 e. The number of alkyl halides is 1. The molecule has 0 aliphatic carbocycles. The third kappa shape index (κ3) is 4.51. The highest BCUT2D eigenvalue weighted by Gasteiger charge is 2.33. The van der Waals surface area contributed by atoms with E-state index in [1.807, 2.05) is 35.2 Å². The lowest BCUT2D eigenvalue weighted by molar-refractivity contribution is -0.141. The lowest BCUT2D eigenvalue weighted by Gasteiger charge is -2.37. The summed E-state index contributed by atoms with van der Waals surface area (Å²) in [6.07, 6.45) is 0.837. The molecular weight excluding hydrogens is 384 g/mol. The monoisotopic (exact) mass is 406 g/mol. The van der Waals surface area contributed by atoms with Crippen LogP contribution in [0.1, 0.15) is 22.0 Å².